The molecule has 0 radical (unpaired) electrons. The van der Waals surface area contributed by atoms with Crippen molar-refractivity contribution in [2.75, 3.05) is 20.8 Å². The Bertz CT molecular complexity index is 949. The van der Waals surface area contributed by atoms with Gasteiger partial charge in [0.2, 0.25) is 0 Å². The minimum atomic E-state index is 0.120. The van der Waals surface area contributed by atoms with Crippen LogP contribution in [-0.4, -0.2) is 25.7 Å². The van der Waals surface area contributed by atoms with E-state index in [-0.39, 0.29) is 6.04 Å². The van der Waals surface area contributed by atoms with E-state index >= 15 is 0 Å². The van der Waals surface area contributed by atoms with Crippen LogP contribution < -0.4 is 14.8 Å². The van der Waals surface area contributed by atoms with Gasteiger partial charge < -0.3 is 19.8 Å². The molecule has 0 bridgehead atoms. The third-order valence-electron chi connectivity index (χ3n) is 5.00. The van der Waals surface area contributed by atoms with Gasteiger partial charge in [0, 0.05) is 27.6 Å². The van der Waals surface area contributed by atoms with Gasteiger partial charge in [-0.05, 0) is 60.4 Å². The number of nitrogens with one attached hydrogen (secondary N) is 2. The SMILES string of the molecule is COc1cc(C)c(C2NCCc3c2[nH]c2ccc(Br)cc32)cc1OC. The molecule has 3 aromatic rings. The van der Waals surface area contributed by atoms with Crippen LogP contribution in [0.15, 0.2) is 34.8 Å². The first kappa shape index (κ1) is 16.5. The zero-order chi connectivity index (χ0) is 17.6. The fourth-order valence-electron chi connectivity index (χ4n) is 3.77. The van der Waals surface area contributed by atoms with Crippen molar-refractivity contribution in [3.8, 4) is 11.5 Å². The number of halogens is 1. The van der Waals surface area contributed by atoms with Crippen molar-refractivity contribution in [3.05, 3.63) is 57.2 Å². The molecule has 0 saturated heterocycles. The zero-order valence-electron chi connectivity index (χ0n) is 14.6. The van der Waals surface area contributed by atoms with Crippen LogP contribution in [0.25, 0.3) is 10.9 Å². The molecule has 4 nitrogen and oxygen atoms in total. The quantitative estimate of drug-likeness (QED) is 0.680. The van der Waals surface area contributed by atoms with Crippen LogP contribution in [-0.2, 0) is 6.42 Å². The molecule has 130 valence electrons. The molecule has 0 fully saturated rings. The maximum Gasteiger partial charge on any atom is 0.161 e. The number of aryl methyl sites for hydroxylation is 1. The summed E-state index contributed by atoms with van der Waals surface area (Å²) >= 11 is 3.59. The lowest BCUT2D eigenvalue weighted by molar-refractivity contribution is 0.353. The summed E-state index contributed by atoms with van der Waals surface area (Å²) in [5.41, 5.74) is 6.22. The molecule has 0 aliphatic carbocycles. The molecule has 1 unspecified atom stereocenters. The summed E-state index contributed by atoms with van der Waals surface area (Å²) in [5, 5.41) is 4.96. The van der Waals surface area contributed by atoms with Gasteiger partial charge in [-0.3, -0.25) is 0 Å². The number of hydrogen-bond donors (Lipinski definition) is 2. The van der Waals surface area contributed by atoms with E-state index in [9.17, 15) is 0 Å². The fourth-order valence-corrected chi connectivity index (χ4v) is 4.13. The zero-order valence-corrected chi connectivity index (χ0v) is 16.2. The Morgan fingerprint density at radius 2 is 1.84 bits per heavy atom. The Morgan fingerprint density at radius 1 is 1.08 bits per heavy atom. The summed E-state index contributed by atoms with van der Waals surface area (Å²) in [5.74, 6) is 1.52. The molecule has 2 heterocycles. The first-order valence-electron chi connectivity index (χ1n) is 8.38. The van der Waals surface area contributed by atoms with E-state index in [1.807, 2.05) is 6.07 Å². The van der Waals surface area contributed by atoms with Gasteiger partial charge in [0.25, 0.3) is 0 Å². The summed E-state index contributed by atoms with van der Waals surface area (Å²) in [6.07, 6.45) is 1.02. The van der Waals surface area contributed by atoms with Crippen molar-refractivity contribution >= 4 is 26.8 Å². The van der Waals surface area contributed by atoms with Gasteiger partial charge in [0.1, 0.15) is 0 Å². The molecule has 1 aliphatic heterocycles. The van der Waals surface area contributed by atoms with E-state index in [0.717, 1.165) is 28.9 Å². The number of hydrogen-bond acceptors (Lipinski definition) is 3. The van der Waals surface area contributed by atoms with Crippen LogP contribution in [0.1, 0.15) is 28.4 Å². The Kier molecular flexibility index (Phi) is 4.21. The third-order valence-corrected chi connectivity index (χ3v) is 5.49. The van der Waals surface area contributed by atoms with Gasteiger partial charge in [0.15, 0.2) is 11.5 Å². The summed E-state index contributed by atoms with van der Waals surface area (Å²) in [7, 11) is 3.35. The molecule has 1 atom stereocenters. The normalized spacial score (nSPS) is 16.7. The molecule has 2 aromatic carbocycles. The molecule has 1 aromatic heterocycles. The number of benzene rings is 2. The topological polar surface area (TPSA) is 46.3 Å². The number of H-pyrrole nitrogens is 1. The lowest BCUT2D eigenvalue weighted by atomic mass is 9.91. The molecular weight excluding hydrogens is 380 g/mol. The lowest BCUT2D eigenvalue weighted by Gasteiger charge is -2.27. The van der Waals surface area contributed by atoms with Crippen LogP contribution in [0.4, 0.5) is 0 Å². The van der Waals surface area contributed by atoms with Crippen molar-refractivity contribution < 1.29 is 9.47 Å². The van der Waals surface area contributed by atoms with Crippen molar-refractivity contribution in [1.82, 2.24) is 10.3 Å². The van der Waals surface area contributed by atoms with Crippen LogP contribution in [0.5, 0.6) is 11.5 Å². The van der Waals surface area contributed by atoms with E-state index in [1.165, 1.54) is 33.3 Å². The number of fused-ring (bicyclic) bond motifs is 3. The van der Waals surface area contributed by atoms with Crippen molar-refractivity contribution in [2.24, 2.45) is 0 Å². The van der Waals surface area contributed by atoms with Crippen LogP contribution in [0, 0.1) is 6.92 Å². The summed E-state index contributed by atoms with van der Waals surface area (Å²) in [6, 6.07) is 10.7. The van der Waals surface area contributed by atoms with Crippen molar-refractivity contribution in [1.29, 1.82) is 0 Å². The van der Waals surface area contributed by atoms with Crippen LogP contribution >= 0.6 is 15.9 Å². The van der Waals surface area contributed by atoms with Gasteiger partial charge in [0.05, 0.1) is 20.3 Å². The molecule has 2 N–H and O–H groups in total. The molecule has 0 amide bonds. The lowest BCUT2D eigenvalue weighted by Crippen LogP contribution is -2.31. The summed E-state index contributed by atoms with van der Waals surface area (Å²) in [6.45, 7) is 3.07. The van der Waals surface area contributed by atoms with Gasteiger partial charge in [-0.1, -0.05) is 15.9 Å². The second-order valence-electron chi connectivity index (χ2n) is 6.41. The molecule has 5 heteroatoms. The first-order chi connectivity index (χ1) is 12.1. The Morgan fingerprint density at radius 3 is 2.60 bits per heavy atom. The van der Waals surface area contributed by atoms with E-state index in [1.54, 1.807) is 14.2 Å². The highest BCUT2D eigenvalue weighted by Gasteiger charge is 2.27. The number of aromatic amines is 1. The monoisotopic (exact) mass is 400 g/mol. The second-order valence-corrected chi connectivity index (χ2v) is 7.32. The maximum absolute atomic E-state index is 5.52. The highest BCUT2D eigenvalue weighted by molar-refractivity contribution is 9.10. The number of rotatable bonds is 3. The molecular formula is C20H21BrN2O2. The minimum absolute atomic E-state index is 0.120. The number of ether oxygens (including phenoxy) is 2. The third kappa shape index (κ3) is 2.71. The first-order valence-corrected chi connectivity index (χ1v) is 9.17. The molecule has 1 aliphatic rings. The van der Waals surface area contributed by atoms with E-state index in [4.69, 9.17) is 9.47 Å². The Hall–Kier alpha value is -1.98. The molecule has 25 heavy (non-hydrogen) atoms. The standard InChI is InChI=1S/C20H21BrN2O2/c1-11-8-17(24-2)18(25-3)10-14(11)19-20-13(6-7-22-19)15-9-12(21)4-5-16(15)23-20/h4-5,8-10,19,22-23H,6-7H2,1-3H3. The van der Waals surface area contributed by atoms with E-state index in [2.05, 4.69) is 57.4 Å². The highest BCUT2D eigenvalue weighted by Crippen LogP contribution is 2.39. The van der Waals surface area contributed by atoms with Crippen molar-refractivity contribution in [3.63, 3.8) is 0 Å². The smallest absolute Gasteiger partial charge is 0.161 e. The van der Waals surface area contributed by atoms with Crippen LogP contribution in [0.2, 0.25) is 0 Å². The second kappa shape index (κ2) is 6.39. The van der Waals surface area contributed by atoms with Gasteiger partial charge >= 0.3 is 0 Å². The van der Waals surface area contributed by atoms with Gasteiger partial charge in [-0.2, -0.15) is 0 Å². The summed E-state index contributed by atoms with van der Waals surface area (Å²) in [4.78, 5) is 3.63. The predicted octanol–water partition coefficient (Wildman–Crippen LogP) is 4.49. The molecule has 0 saturated carbocycles. The molecule has 0 spiro atoms. The minimum Gasteiger partial charge on any atom is -0.493 e. The Labute approximate surface area is 155 Å². The average molecular weight is 401 g/mol. The average Bonchev–Trinajstić information content (AvgIpc) is 2.99. The van der Waals surface area contributed by atoms with E-state index < -0.39 is 0 Å². The maximum atomic E-state index is 5.52. The number of methoxy groups -OCH3 is 2. The summed E-state index contributed by atoms with van der Waals surface area (Å²) < 4.78 is 12.1. The highest BCUT2D eigenvalue weighted by atomic mass is 79.9. The van der Waals surface area contributed by atoms with Gasteiger partial charge in [-0.25, -0.2) is 0 Å². The Balaban J connectivity index is 1.88. The van der Waals surface area contributed by atoms with Gasteiger partial charge in [-0.15, -0.1) is 0 Å². The number of aromatic nitrogens is 1. The van der Waals surface area contributed by atoms with E-state index in [0.29, 0.717) is 0 Å². The van der Waals surface area contributed by atoms with Crippen molar-refractivity contribution in [2.45, 2.75) is 19.4 Å². The fraction of sp³-hybridized carbons (Fsp3) is 0.300. The van der Waals surface area contributed by atoms with Crippen LogP contribution in [0.3, 0.4) is 0 Å². The predicted molar refractivity (Wildman–Crippen MR) is 104 cm³/mol. The molecule has 4 rings (SSSR count). The largest absolute Gasteiger partial charge is 0.493 e.